The third-order valence-corrected chi connectivity index (χ3v) is 3.43. The van der Waals surface area contributed by atoms with E-state index in [2.05, 4.69) is 10.6 Å². The number of carbonyl (C=O) groups is 1. The first-order chi connectivity index (χ1) is 10.4. The Morgan fingerprint density at radius 2 is 1.95 bits per heavy atom. The number of benzene rings is 1. The largest absolute Gasteiger partial charge is 0.489 e. The van der Waals surface area contributed by atoms with Crippen LogP contribution in [0.4, 0.5) is 13.6 Å². The molecule has 3 N–H and O–H groups in total. The summed E-state index contributed by atoms with van der Waals surface area (Å²) in [7, 11) is 0. The number of rotatable bonds is 8. The zero-order chi connectivity index (χ0) is 16.6. The molecule has 0 saturated heterocycles. The molecule has 0 heterocycles. The summed E-state index contributed by atoms with van der Waals surface area (Å²) in [6.45, 7) is 4.03. The van der Waals surface area contributed by atoms with E-state index in [-0.39, 0.29) is 25.4 Å². The van der Waals surface area contributed by atoms with Crippen LogP contribution in [0.1, 0.15) is 26.7 Å². The summed E-state index contributed by atoms with van der Waals surface area (Å²) in [5.74, 6) is -1.54. The van der Waals surface area contributed by atoms with Crippen LogP contribution in [0.25, 0.3) is 0 Å². The van der Waals surface area contributed by atoms with Crippen LogP contribution >= 0.6 is 0 Å². The molecule has 124 valence electrons. The number of aliphatic hydroxyl groups is 1. The standard InChI is InChI=1S/C15H22F2N2O3/c1-3-15(21,4-2)10-19-14(20)18-7-8-22-13-6-5-11(16)9-12(13)17/h5-6,9,21H,3-4,7-8,10H2,1-2H3,(H2,18,19,20). The van der Waals surface area contributed by atoms with E-state index in [1.165, 1.54) is 6.07 Å². The van der Waals surface area contributed by atoms with Gasteiger partial charge in [0.1, 0.15) is 12.4 Å². The molecule has 0 aliphatic heterocycles. The SMILES string of the molecule is CCC(O)(CC)CNC(=O)NCCOc1ccc(F)cc1F. The van der Waals surface area contributed by atoms with Crippen LogP contribution in [0.2, 0.25) is 0 Å². The van der Waals surface area contributed by atoms with E-state index >= 15 is 0 Å². The molecular weight excluding hydrogens is 294 g/mol. The maximum Gasteiger partial charge on any atom is 0.315 e. The molecule has 22 heavy (non-hydrogen) atoms. The van der Waals surface area contributed by atoms with Crippen molar-refractivity contribution in [2.24, 2.45) is 0 Å². The van der Waals surface area contributed by atoms with Crippen LogP contribution in [0.3, 0.4) is 0 Å². The number of hydrogen-bond donors (Lipinski definition) is 3. The van der Waals surface area contributed by atoms with Gasteiger partial charge in [0.25, 0.3) is 0 Å². The minimum atomic E-state index is -0.912. The summed E-state index contributed by atoms with van der Waals surface area (Å²) in [6, 6.07) is 2.57. The summed E-state index contributed by atoms with van der Waals surface area (Å²) in [4.78, 5) is 11.5. The lowest BCUT2D eigenvalue weighted by Crippen LogP contribution is -2.46. The highest BCUT2D eigenvalue weighted by Crippen LogP contribution is 2.17. The molecule has 1 aromatic carbocycles. The van der Waals surface area contributed by atoms with Crippen LogP contribution in [0.5, 0.6) is 5.75 Å². The third kappa shape index (κ3) is 5.85. The quantitative estimate of drug-likeness (QED) is 0.644. The monoisotopic (exact) mass is 316 g/mol. The lowest BCUT2D eigenvalue weighted by molar-refractivity contribution is 0.0349. The van der Waals surface area contributed by atoms with E-state index in [0.717, 1.165) is 12.1 Å². The molecular formula is C15H22F2N2O3. The number of urea groups is 1. The van der Waals surface area contributed by atoms with Crippen molar-refractivity contribution in [3.05, 3.63) is 29.8 Å². The molecule has 0 fully saturated rings. The van der Waals surface area contributed by atoms with Crippen molar-refractivity contribution in [1.29, 1.82) is 0 Å². The highest BCUT2D eigenvalue weighted by atomic mass is 19.1. The van der Waals surface area contributed by atoms with Crippen LogP contribution < -0.4 is 15.4 Å². The van der Waals surface area contributed by atoms with Gasteiger partial charge in [-0.2, -0.15) is 0 Å². The van der Waals surface area contributed by atoms with E-state index < -0.39 is 23.3 Å². The van der Waals surface area contributed by atoms with E-state index in [0.29, 0.717) is 12.8 Å². The van der Waals surface area contributed by atoms with Crippen LogP contribution in [-0.4, -0.2) is 36.4 Å². The molecule has 0 radical (unpaired) electrons. The first-order valence-electron chi connectivity index (χ1n) is 7.22. The molecule has 0 aliphatic carbocycles. The molecule has 0 atom stereocenters. The van der Waals surface area contributed by atoms with Gasteiger partial charge in [0.05, 0.1) is 12.1 Å². The zero-order valence-corrected chi connectivity index (χ0v) is 12.8. The Kier molecular flexibility index (Phi) is 7.04. The van der Waals surface area contributed by atoms with E-state index in [4.69, 9.17) is 4.74 Å². The fourth-order valence-electron chi connectivity index (χ4n) is 1.73. The predicted octanol–water partition coefficient (Wildman–Crippen LogP) is 2.19. The van der Waals surface area contributed by atoms with Crippen molar-refractivity contribution >= 4 is 6.03 Å². The van der Waals surface area contributed by atoms with Gasteiger partial charge in [-0.1, -0.05) is 13.8 Å². The Balaban J connectivity index is 2.25. The lowest BCUT2D eigenvalue weighted by Gasteiger charge is -2.25. The Labute approximate surface area is 128 Å². The van der Waals surface area contributed by atoms with Gasteiger partial charge in [0, 0.05) is 12.6 Å². The molecule has 0 bridgehead atoms. The number of nitrogens with one attached hydrogen (secondary N) is 2. The molecule has 0 aromatic heterocycles. The summed E-state index contributed by atoms with van der Waals surface area (Å²) >= 11 is 0. The van der Waals surface area contributed by atoms with Crippen molar-refractivity contribution in [3.63, 3.8) is 0 Å². The molecule has 2 amide bonds. The van der Waals surface area contributed by atoms with Gasteiger partial charge in [0.15, 0.2) is 11.6 Å². The van der Waals surface area contributed by atoms with Gasteiger partial charge >= 0.3 is 6.03 Å². The van der Waals surface area contributed by atoms with Gasteiger partial charge in [-0.15, -0.1) is 0 Å². The summed E-state index contributed by atoms with van der Waals surface area (Å²) < 4.78 is 31.1. The van der Waals surface area contributed by atoms with Crippen LogP contribution in [0, 0.1) is 11.6 Å². The summed E-state index contributed by atoms with van der Waals surface area (Å²) in [5, 5.41) is 15.1. The Bertz CT molecular complexity index is 494. The first-order valence-corrected chi connectivity index (χ1v) is 7.22. The fourth-order valence-corrected chi connectivity index (χ4v) is 1.73. The first kappa shape index (κ1) is 18.2. The average Bonchev–Trinajstić information content (AvgIpc) is 2.51. The normalized spacial score (nSPS) is 11.1. The maximum atomic E-state index is 13.3. The molecule has 0 saturated carbocycles. The second-order valence-electron chi connectivity index (χ2n) is 4.96. The molecule has 5 nitrogen and oxygen atoms in total. The fraction of sp³-hybridized carbons (Fsp3) is 0.533. The van der Waals surface area contributed by atoms with E-state index in [1.54, 1.807) is 0 Å². The number of hydrogen-bond acceptors (Lipinski definition) is 3. The van der Waals surface area contributed by atoms with Crippen LogP contribution in [0.15, 0.2) is 18.2 Å². The van der Waals surface area contributed by atoms with Crippen molar-refractivity contribution in [2.75, 3.05) is 19.7 Å². The number of carbonyl (C=O) groups excluding carboxylic acids is 1. The number of ether oxygens (including phenoxy) is 1. The second kappa shape index (κ2) is 8.53. The van der Waals surface area contributed by atoms with Gasteiger partial charge in [-0.3, -0.25) is 0 Å². The number of amides is 2. The third-order valence-electron chi connectivity index (χ3n) is 3.43. The zero-order valence-electron chi connectivity index (χ0n) is 12.8. The van der Waals surface area contributed by atoms with Crippen molar-refractivity contribution in [2.45, 2.75) is 32.3 Å². The summed E-state index contributed by atoms with van der Waals surface area (Å²) in [5.41, 5.74) is -0.912. The second-order valence-corrected chi connectivity index (χ2v) is 4.96. The Morgan fingerprint density at radius 3 is 2.55 bits per heavy atom. The minimum absolute atomic E-state index is 0.0434. The van der Waals surface area contributed by atoms with Gasteiger partial charge < -0.3 is 20.5 Å². The molecule has 0 unspecified atom stereocenters. The van der Waals surface area contributed by atoms with Gasteiger partial charge in [-0.05, 0) is 25.0 Å². The van der Waals surface area contributed by atoms with Gasteiger partial charge in [-0.25, -0.2) is 13.6 Å². The molecule has 0 spiro atoms. The number of halogens is 2. The average molecular weight is 316 g/mol. The molecule has 0 aliphatic rings. The van der Waals surface area contributed by atoms with Crippen molar-refractivity contribution in [1.82, 2.24) is 10.6 Å². The molecule has 1 aromatic rings. The summed E-state index contributed by atoms with van der Waals surface area (Å²) in [6.07, 6.45) is 1.08. The Morgan fingerprint density at radius 1 is 1.27 bits per heavy atom. The van der Waals surface area contributed by atoms with Crippen molar-refractivity contribution < 1.29 is 23.4 Å². The lowest BCUT2D eigenvalue weighted by atomic mass is 9.98. The van der Waals surface area contributed by atoms with E-state index in [1.807, 2.05) is 13.8 Å². The predicted molar refractivity (Wildman–Crippen MR) is 78.8 cm³/mol. The molecule has 1 rings (SSSR count). The topological polar surface area (TPSA) is 70.6 Å². The van der Waals surface area contributed by atoms with E-state index in [9.17, 15) is 18.7 Å². The minimum Gasteiger partial charge on any atom is -0.489 e. The highest BCUT2D eigenvalue weighted by Gasteiger charge is 2.22. The highest BCUT2D eigenvalue weighted by molar-refractivity contribution is 5.73. The van der Waals surface area contributed by atoms with Gasteiger partial charge in [0.2, 0.25) is 0 Å². The Hall–Kier alpha value is -1.89. The smallest absolute Gasteiger partial charge is 0.315 e. The van der Waals surface area contributed by atoms with Crippen molar-refractivity contribution in [3.8, 4) is 5.75 Å². The van der Waals surface area contributed by atoms with Crippen LogP contribution in [-0.2, 0) is 0 Å². The molecule has 7 heteroatoms. The maximum absolute atomic E-state index is 13.3.